The molecule has 0 radical (unpaired) electrons. The highest BCUT2D eigenvalue weighted by molar-refractivity contribution is 5.66. The Balaban J connectivity index is 2.62. The van der Waals surface area contributed by atoms with Crippen molar-refractivity contribution in [2.75, 3.05) is 0 Å². The fraction of sp³-hybridized carbons (Fsp3) is 0.308. The van der Waals surface area contributed by atoms with Gasteiger partial charge in [-0.3, -0.25) is 0 Å². The van der Waals surface area contributed by atoms with Crippen molar-refractivity contribution in [1.82, 2.24) is 9.78 Å². The van der Waals surface area contributed by atoms with Crippen molar-refractivity contribution < 1.29 is 5.11 Å². The largest absolute Gasteiger partial charge is 0.493 e. The average molecular weight is 216 g/mol. The predicted molar refractivity (Wildman–Crippen MR) is 64.5 cm³/mol. The molecule has 0 aliphatic heterocycles. The molecular weight excluding hydrogens is 200 g/mol. The van der Waals surface area contributed by atoms with Crippen LogP contribution in [0.15, 0.2) is 18.2 Å². The molecule has 16 heavy (non-hydrogen) atoms. The smallest absolute Gasteiger partial charge is 0.212 e. The molecule has 0 amide bonds. The number of aryl methyl sites for hydroxylation is 3. The molecule has 2 rings (SSSR count). The second-order valence-corrected chi connectivity index (χ2v) is 4.30. The summed E-state index contributed by atoms with van der Waals surface area (Å²) in [6.07, 6.45) is 0. The molecule has 0 saturated heterocycles. The Morgan fingerprint density at radius 2 is 1.62 bits per heavy atom. The first-order chi connectivity index (χ1) is 7.49. The fourth-order valence-corrected chi connectivity index (χ4v) is 2.01. The summed E-state index contributed by atoms with van der Waals surface area (Å²) >= 11 is 0. The van der Waals surface area contributed by atoms with E-state index in [1.165, 1.54) is 15.8 Å². The Kier molecular flexibility index (Phi) is 2.46. The van der Waals surface area contributed by atoms with E-state index >= 15 is 0 Å². The van der Waals surface area contributed by atoms with Crippen molar-refractivity contribution in [2.45, 2.75) is 20.8 Å². The van der Waals surface area contributed by atoms with Crippen LogP contribution in [0, 0.1) is 20.8 Å². The van der Waals surface area contributed by atoms with Gasteiger partial charge in [0.15, 0.2) is 0 Å². The van der Waals surface area contributed by atoms with Gasteiger partial charge >= 0.3 is 0 Å². The summed E-state index contributed by atoms with van der Waals surface area (Å²) in [4.78, 5) is 0. The number of aromatic hydroxyl groups is 1. The maximum Gasteiger partial charge on any atom is 0.212 e. The van der Waals surface area contributed by atoms with Crippen molar-refractivity contribution in [1.29, 1.82) is 0 Å². The van der Waals surface area contributed by atoms with Crippen LogP contribution in [0.25, 0.3) is 11.3 Å². The van der Waals surface area contributed by atoms with E-state index in [0.29, 0.717) is 0 Å². The van der Waals surface area contributed by atoms with Gasteiger partial charge in [0.25, 0.3) is 0 Å². The lowest BCUT2D eigenvalue weighted by atomic mass is 10.0. The molecule has 1 heterocycles. The number of hydrogen-bond acceptors (Lipinski definition) is 2. The van der Waals surface area contributed by atoms with Crippen LogP contribution in [0.4, 0.5) is 0 Å². The van der Waals surface area contributed by atoms with Gasteiger partial charge in [0.1, 0.15) is 0 Å². The molecule has 0 atom stereocenters. The molecule has 0 unspecified atom stereocenters. The van der Waals surface area contributed by atoms with E-state index in [4.69, 9.17) is 0 Å². The van der Waals surface area contributed by atoms with E-state index < -0.39 is 0 Å². The summed E-state index contributed by atoms with van der Waals surface area (Å²) in [5.41, 5.74) is 5.16. The number of hydrogen-bond donors (Lipinski definition) is 1. The highest BCUT2D eigenvalue weighted by Gasteiger charge is 2.13. The normalized spacial score (nSPS) is 10.8. The summed E-state index contributed by atoms with van der Waals surface area (Å²) < 4.78 is 1.50. The zero-order valence-electron chi connectivity index (χ0n) is 10.1. The van der Waals surface area contributed by atoms with Gasteiger partial charge in [0, 0.05) is 18.2 Å². The van der Waals surface area contributed by atoms with Gasteiger partial charge < -0.3 is 5.11 Å². The number of nitrogens with zero attached hydrogens (tertiary/aromatic N) is 2. The van der Waals surface area contributed by atoms with Crippen LogP contribution in [0.1, 0.15) is 16.7 Å². The predicted octanol–water partition coefficient (Wildman–Crippen LogP) is 2.72. The maximum atomic E-state index is 9.73. The summed E-state index contributed by atoms with van der Waals surface area (Å²) in [7, 11) is 1.74. The maximum absolute atomic E-state index is 9.73. The Bertz CT molecular complexity index is 521. The van der Waals surface area contributed by atoms with Crippen molar-refractivity contribution >= 4 is 0 Å². The second-order valence-electron chi connectivity index (χ2n) is 4.30. The van der Waals surface area contributed by atoms with E-state index in [2.05, 4.69) is 37.1 Å². The van der Waals surface area contributed by atoms with E-state index in [1.807, 2.05) is 6.92 Å². The van der Waals surface area contributed by atoms with Crippen molar-refractivity contribution in [3.8, 4) is 17.1 Å². The molecule has 1 aromatic heterocycles. The second kappa shape index (κ2) is 3.67. The van der Waals surface area contributed by atoms with Gasteiger partial charge in [-0.15, -0.1) is 0 Å². The summed E-state index contributed by atoms with van der Waals surface area (Å²) in [5, 5.41) is 14.1. The first kappa shape index (κ1) is 10.7. The summed E-state index contributed by atoms with van der Waals surface area (Å²) in [6, 6.07) is 6.30. The lowest BCUT2D eigenvalue weighted by Gasteiger charge is -2.02. The SMILES string of the molecule is Cc1cc(C)cc(-c2nn(C)c(O)c2C)c1. The van der Waals surface area contributed by atoms with Crippen LogP contribution in [0.5, 0.6) is 5.88 Å². The highest BCUT2D eigenvalue weighted by Crippen LogP contribution is 2.29. The van der Waals surface area contributed by atoms with Gasteiger partial charge in [0.05, 0.1) is 5.69 Å². The lowest BCUT2D eigenvalue weighted by molar-refractivity contribution is 0.416. The quantitative estimate of drug-likeness (QED) is 0.796. The Hall–Kier alpha value is -1.77. The molecule has 0 aliphatic rings. The molecule has 0 saturated carbocycles. The Labute approximate surface area is 95.3 Å². The van der Waals surface area contributed by atoms with Gasteiger partial charge in [-0.05, 0) is 32.9 Å². The van der Waals surface area contributed by atoms with Gasteiger partial charge in [-0.2, -0.15) is 5.10 Å². The summed E-state index contributed by atoms with van der Waals surface area (Å²) in [6.45, 7) is 6.01. The van der Waals surface area contributed by atoms with Crippen LogP contribution in [0.3, 0.4) is 0 Å². The highest BCUT2D eigenvalue weighted by atomic mass is 16.3. The van der Waals surface area contributed by atoms with E-state index in [-0.39, 0.29) is 5.88 Å². The van der Waals surface area contributed by atoms with Crippen LogP contribution in [-0.4, -0.2) is 14.9 Å². The monoisotopic (exact) mass is 216 g/mol. The van der Waals surface area contributed by atoms with E-state index in [1.54, 1.807) is 7.05 Å². The molecule has 84 valence electrons. The molecule has 1 N–H and O–H groups in total. The number of rotatable bonds is 1. The molecule has 0 aliphatic carbocycles. The molecule has 3 heteroatoms. The standard InChI is InChI=1S/C13H16N2O/c1-8-5-9(2)7-11(6-8)12-10(3)13(16)15(4)14-12/h5-7,16H,1-4H3. The molecule has 2 aromatic rings. The minimum Gasteiger partial charge on any atom is -0.493 e. The zero-order valence-corrected chi connectivity index (χ0v) is 10.1. The van der Waals surface area contributed by atoms with E-state index in [9.17, 15) is 5.11 Å². The Morgan fingerprint density at radius 3 is 2.06 bits per heavy atom. The van der Waals surface area contributed by atoms with Gasteiger partial charge in [-0.1, -0.05) is 17.2 Å². The molecule has 1 aromatic carbocycles. The zero-order chi connectivity index (χ0) is 11.9. The topological polar surface area (TPSA) is 38.0 Å². The number of aromatic nitrogens is 2. The molecular formula is C13H16N2O. The minimum atomic E-state index is 0.231. The average Bonchev–Trinajstić information content (AvgIpc) is 2.44. The number of benzene rings is 1. The lowest BCUT2D eigenvalue weighted by Crippen LogP contribution is -1.90. The first-order valence-electron chi connectivity index (χ1n) is 5.30. The van der Waals surface area contributed by atoms with Crippen molar-refractivity contribution in [2.24, 2.45) is 7.05 Å². The molecule has 3 nitrogen and oxygen atoms in total. The van der Waals surface area contributed by atoms with Crippen molar-refractivity contribution in [3.63, 3.8) is 0 Å². The first-order valence-corrected chi connectivity index (χ1v) is 5.30. The van der Waals surface area contributed by atoms with Crippen molar-refractivity contribution in [3.05, 3.63) is 34.9 Å². The minimum absolute atomic E-state index is 0.231. The van der Waals surface area contributed by atoms with Crippen LogP contribution < -0.4 is 0 Å². The molecule has 0 spiro atoms. The fourth-order valence-electron chi connectivity index (χ4n) is 2.01. The molecule has 0 bridgehead atoms. The third kappa shape index (κ3) is 1.69. The van der Waals surface area contributed by atoms with Crippen LogP contribution in [0.2, 0.25) is 0 Å². The van der Waals surface area contributed by atoms with Gasteiger partial charge in [-0.25, -0.2) is 4.68 Å². The van der Waals surface area contributed by atoms with Gasteiger partial charge in [0.2, 0.25) is 5.88 Å². The Morgan fingerprint density at radius 1 is 1.06 bits per heavy atom. The van der Waals surface area contributed by atoms with Crippen LogP contribution in [-0.2, 0) is 7.05 Å². The van der Waals surface area contributed by atoms with E-state index in [0.717, 1.165) is 16.8 Å². The summed E-state index contributed by atoms with van der Waals surface area (Å²) in [5.74, 6) is 0.231. The molecule has 0 fully saturated rings. The third-order valence-corrected chi connectivity index (χ3v) is 2.74. The third-order valence-electron chi connectivity index (χ3n) is 2.74. The van der Waals surface area contributed by atoms with Crippen LogP contribution >= 0.6 is 0 Å².